The average Bonchev–Trinajstić information content (AvgIpc) is 2.19. The first kappa shape index (κ1) is 10.7. The number of fused-ring (bicyclic) bond motifs is 1. The van der Waals surface area contributed by atoms with Gasteiger partial charge in [0.15, 0.2) is 0 Å². The van der Waals surface area contributed by atoms with Gasteiger partial charge in [-0.15, -0.1) is 12.3 Å². The van der Waals surface area contributed by atoms with Crippen LogP contribution in [0.1, 0.15) is 24.0 Å². The van der Waals surface area contributed by atoms with Crippen molar-refractivity contribution in [3.05, 3.63) is 33.8 Å². The summed E-state index contributed by atoms with van der Waals surface area (Å²) in [7, 11) is 0. The summed E-state index contributed by atoms with van der Waals surface area (Å²) in [6.07, 6.45) is 8.07. The van der Waals surface area contributed by atoms with Crippen LogP contribution >= 0.6 is 15.9 Å². The zero-order chi connectivity index (χ0) is 10.9. The van der Waals surface area contributed by atoms with Gasteiger partial charge in [-0.25, -0.2) is 0 Å². The number of rotatable bonds is 1. The van der Waals surface area contributed by atoms with Crippen molar-refractivity contribution in [2.24, 2.45) is 0 Å². The summed E-state index contributed by atoms with van der Waals surface area (Å²) in [4.78, 5) is 0. The van der Waals surface area contributed by atoms with Crippen LogP contribution in [0.3, 0.4) is 0 Å². The van der Waals surface area contributed by atoms with E-state index in [9.17, 15) is 5.11 Å². The van der Waals surface area contributed by atoms with Crippen molar-refractivity contribution in [2.75, 3.05) is 0 Å². The van der Waals surface area contributed by atoms with Crippen LogP contribution in [0.2, 0.25) is 0 Å². The molecule has 1 nitrogen and oxygen atoms in total. The van der Waals surface area contributed by atoms with Gasteiger partial charge in [0.1, 0.15) is 0 Å². The van der Waals surface area contributed by atoms with Crippen molar-refractivity contribution in [1.82, 2.24) is 0 Å². The predicted molar refractivity (Wildman–Crippen MR) is 64.6 cm³/mol. The number of hydrogen-bond donors (Lipinski definition) is 1. The maximum Gasteiger partial charge on any atom is 0.0799 e. The Morgan fingerprint density at radius 2 is 2.27 bits per heavy atom. The molecule has 1 N–H and O–H groups in total. The first-order valence-electron chi connectivity index (χ1n) is 5.06. The molecule has 1 atom stereocenters. The lowest BCUT2D eigenvalue weighted by molar-refractivity contribution is 0.0315. The molecule has 0 amide bonds. The minimum atomic E-state index is -0.685. The highest BCUT2D eigenvalue weighted by Gasteiger charge is 2.31. The summed E-state index contributed by atoms with van der Waals surface area (Å²) in [5, 5.41) is 10.2. The molecule has 1 aromatic rings. The van der Waals surface area contributed by atoms with Crippen molar-refractivity contribution < 1.29 is 5.11 Å². The van der Waals surface area contributed by atoms with Gasteiger partial charge in [-0.1, -0.05) is 22.0 Å². The second-order valence-electron chi connectivity index (χ2n) is 4.20. The molecule has 0 bridgehead atoms. The Morgan fingerprint density at radius 1 is 1.47 bits per heavy atom. The molecule has 0 heterocycles. The highest BCUT2D eigenvalue weighted by molar-refractivity contribution is 9.10. The quantitative estimate of drug-likeness (QED) is 0.774. The van der Waals surface area contributed by atoms with Crippen LogP contribution in [0.4, 0.5) is 0 Å². The standard InChI is InChI=1S/C13H13BrO/c1-2-6-13(15)7-5-10-8-12(14)4-3-11(10)9-13/h1,3-4,8,15H,5-7,9H2. The first-order valence-corrected chi connectivity index (χ1v) is 5.85. The van der Waals surface area contributed by atoms with Gasteiger partial charge in [-0.2, -0.15) is 0 Å². The second-order valence-corrected chi connectivity index (χ2v) is 5.11. The smallest absolute Gasteiger partial charge is 0.0799 e. The van der Waals surface area contributed by atoms with Gasteiger partial charge in [0, 0.05) is 17.3 Å². The van der Waals surface area contributed by atoms with E-state index in [1.807, 2.05) is 6.07 Å². The molecule has 0 fully saturated rings. The van der Waals surface area contributed by atoms with E-state index < -0.39 is 5.60 Å². The molecule has 0 radical (unpaired) electrons. The van der Waals surface area contributed by atoms with Crippen LogP contribution in [-0.2, 0) is 12.8 Å². The Kier molecular flexibility index (Phi) is 2.86. The lowest BCUT2D eigenvalue weighted by Crippen LogP contribution is -2.35. The summed E-state index contributed by atoms with van der Waals surface area (Å²) in [5.41, 5.74) is 1.86. The molecule has 15 heavy (non-hydrogen) atoms. The maximum absolute atomic E-state index is 10.2. The van der Waals surface area contributed by atoms with Gasteiger partial charge >= 0.3 is 0 Å². The molecule has 0 saturated heterocycles. The topological polar surface area (TPSA) is 20.2 Å². The first-order chi connectivity index (χ1) is 7.13. The Balaban J connectivity index is 2.28. The van der Waals surface area contributed by atoms with E-state index in [0.29, 0.717) is 12.8 Å². The molecule has 0 aromatic heterocycles. The van der Waals surface area contributed by atoms with E-state index in [0.717, 1.165) is 17.3 Å². The third kappa shape index (κ3) is 2.25. The van der Waals surface area contributed by atoms with Crippen LogP contribution in [0, 0.1) is 12.3 Å². The zero-order valence-electron chi connectivity index (χ0n) is 8.46. The Bertz CT molecular complexity index is 419. The molecule has 78 valence electrons. The third-order valence-electron chi connectivity index (χ3n) is 2.98. The largest absolute Gasteiger partial charge is 0.389 e. The van der Waals surface area contributed by atoms with Crippen molar-refractivity contribution in [3.63, 3.8) is 0 Å². The van der Waals surface area contributed by atoms with E-state index in [1.165, 1.54) is 11.1 Å². The van der Waals surface area contributed by atoms with Gasteiger partial charge < -0.3 is 5.11 Å². The number of halogens is 1. The summed E-state index contributed by atoms with van der Waals surface area (Å²) < 4.78 is 1.10. The normalized spacial score (nSPS) is 24.3. The van der Waals surface area contributed by atoms with E-state index in [1.54, 1.807) is 0 Å². The molecule has 1 aliphatic carbocycles. The average molecular weight is 265 g/mol. The van der Waals surface area contributed by atoms with Crippen molar-refractivity contribution in [1.29, 1.82) is 0 Å². The monoisotopic (exact) mass is 264 g/mol. The second kappa shape index (κ2) is 4.00. The van der Waals surface area contributed by atoms with E-state index in [2.05, 4.69) is 34.0 Å². The molecule has 1 aromatic carbocycles. The van der Waals surface area contributed by atoms with Crippen LogP contribution in [-0.4, -0.2) is 10.7 Å². The molecular weight excluding hydrogens is 252 g/mol. The number of hydrogen-bond acceptors (Lipinski definition) is 1. The van der Waals surface area contributed by atoms with E-state index in [-0.39, 0.29) is 0 Å². The lowest BCUT2D eigenvalue weighted by Gasteiger charge is -2.32. The number of terminal acetylenes is 1. The molecule has 0 aliphatic heterocycles. The molecule has 0 spiro atoms. The van der Waals surface area contributed by atoms with Gasteiger partial charge in [-0.3, -0.25) is 0 Å². The van der Waals surface area contributed by atoms with Crippen LogP contribution < -0.4 is 0 Å². The van der Waals surface area contributed by atoms with Gasteiger partial charge in [0.05, 0.1) is 5.60 Å². The fourth-order valence-electron chi connectivity index (χ4n) is 2.15. The molecule has 1 unspecified atom stereocenters. The van der Waals surface area contributed by atoms with Crippen LogP contribution in [0.15, 0.2) is 22.7 Å². The van der Waals surface area contributed by atoms with E-state index >= 15 is 0 Å². The molecule has 2 heteroatoms. The maximum atomic E-state index is 10.2. The van der Waals surface area contributed by atoms with Crippen molar-refractivity contribution in [2.45, 2.75) is 31.3 Å². The summed E-state index contributed by atoms with van der Waals surface area (Å²) >= 11 is 3.45. The highest BCUT2D eigenvalue weighted by Crippen LogP contribution is 2.32. The summed E-state index contributed by atoms with van der Waals surface area (Å²) in [5.74, 6) is 2.56. The van der Waals surface area contributed by atoms with Crippen LogP contribution in [0.25, 0.3) is 0 Å². The predicted octanol–water partition coefficient (Wildman–Crippen LogP) is 2.69. The lowest BCUT2D eigenvalue weighted by atomic mass is 9.79. The summed E-state index contributed by atoms with van der Waals surface area (Å²) in [6.45, 7) is 0. The fourth-order valence-corrected chi connectivity index (χ4v) is 2.56. The van der Waals surface area contributed by atoms with Crippen LogP contribution in [0.5, 0.6) is 0 Å². The zero-order valence-corrected chi connectivity index (χ0v) is 10.0. The van der Waals surface area contributed by atoms with Gasteiger partial charge in [0.2, 0.25) is 0 Å². The van der Waals surface area contributed by atoms with Crippen molar-refractivity contribution in [3.8, 4) is 12.3 Å². The summed E-state index contributed by atoms with van der Waals surface area (Å²) in [6, 6.07) is 6.21. The molecular formula is C13H13BrO. The number of aryl methyl sites for hydroxylation is 1. The fraction of sp³-hybridized carbons (Fsp3) is 0.385. The van der Waals surface area contributed by atoms with Gasteiger partial charge in [-0.05, 0) is 36.1 Å². The van der Waals surface area contributed by atoms with Gasteiger partial charge in [0.25, 0.3) is 0 Å². The Hall–Kier alpha value is -0.780. The molecule has 2 rings (SSSR count). The van der Waals surface area contributed by atoms with Crippen molar-refractivity contribution >= 4 is 15.9 Å². The molecule has 1 aliphatic rings. The number of aliphatic hydroxyl groups is 1. The molecule has 0 saturated carbocycles. The van der Waals surface area contributed by atoms with E-state index in [4.69, 9.17) is 6.42 Å². The Morgan fingerprint density at radius 3 is 3.00 bits per heavy atom. The number of benzene rings is 1. The minimum absolute atomic E-state index is 0.447. The minimum Gasteiger partial charge on any atom is -0.389 e. The third-order valence-corrected chi connectivity index (χ3v) is 3.47. The Labute approximate surface area is 98.6 Å². The highest BCUT2D eigenvalue weighted by atomic mass is 79.9. The SMILES string of the molecule is C#CCC1(O)CCc2cc(Br)ccc2C1.